The van der Waals surface area contributed by atoms with Gasteiger partial charge in [0.15, 0.2) is 0 Å². The maximum Gasteiger partial charge on any atom is 0.140 e. The van der Waals surface area contributed by atoms with Gasteiger partial charge < -0.3 is 10.1 Å². The molecule has 0 atom stereocenters. The van der Waals surface area contributed by atoms with Gasteiger partial charge in [-0.05, 0) is 25.3 Å². The molecule has 1 aliphatic heterocycles. The molecular formula is C11H21ClN4O. The van der Waals surface area contributed by atoms with Crippen LogP contribution in [-0.4, -0.2) is 34.5 Å². The van der Waals surface area contributed by atoms with E-state index in [1.54, 1.807) is 6.33 Å². The first-order valence-electron chi connectivity index (χ1n) is 6.05. The third-order valence-electron chi connectivity index (χ3n) is 3.00. The van der Waals surface area contributed by atoms with E-state index in [9.17, 15) is 0 Å². The zero-order valence-electron chi connectivity index (χ0n) is 10.3. The highest BCUT2D eigenvalue weighted by molar-refractivity contribution is 5.85. The lowest BCUT2D eigenvalue weighted by atomic mass is 10.0. The van der Waals surface area contributed by atoms with Crippen molar-refractivity contribution in [3.63, 3.8) is 0 Å². The Morgan fingerprint density at radius 3 is 2.94 bits per heavy atom. The van der Waals surface area contributed by atoms with Crippen molar-refractivity contribution in [3.05, 3.63) is 12.2 Å². The summed E-state index contributed by atoms with van der Waals surface area (Å²) in [7, 11) is 0. The van der Waals surface area contributed by atoms with Crippen LogP contribution in [-0.2, 0) is 17.8 Å². The molecule has 1 aromatic heterocycles. The highest BCUT2D eigenvalue weighted by atomic mass is 35.5. The predicted octanol–water partition coefficient (Wildman–Crippen LogP) is 1.24. The molecule has 98 valence electrons. The van der Waals surface area contributed by atoms with Crippen LogP contribution in [0.25, 0.3) is 0 Å². The third kappa shape index (κ3) is 4.26. The van der Waals surface area contributed by atoms with Gasteiger partial charge in [-0.15, -0.1) is 12.4 Å². The number of ether oxygens (including phenoxy) is 1. The number of halogens is 1. The van der Waals surface area contributed by atoms with Gasteiger partial charge in [0.1, 0.15) is 12.2 Å². The van der Waals surface area contributed by atoms with Crippen molar-refractivity contribution >= 4 is 12.4 Å². The summed E-state index contributed by atoms with van der Waals surface area (Å²) in [5, 5.41) is 7.57. The molecule has 0 amide bonds. The smallest absolute Gasteiger partial charge is 0.140 e. The first kappa shape index (κ1) is 14.4. The summed E-state index contributed by atoms with van der Waals surface area (Å²) in [4.78, 5) is 4.28. The second-order valence-corrected chi connectivity index (χ2v) is 4.19. The standard InChI is InChI=1S/C11H20N4O.ClH/c1-2-12-7-11-13-9-14-15(11)8-10-3-5-16-6-4-10;/h9-10,12H,2-8H2,1H3;1H. The Kier molecular flexibility index (Phi) is 6.47. The van der Waals surface area contributed by atoms with Gasteiger partial charge in [0.2, 0.25) is 0 Å². The molecule has 1 saturated heterocycles. The van der Waals surface area contributed by atoms with Crippen molar-refractivity contribution in [2.45, 2.75) is 32.9 Å². The SMILES string of the molecule is CCNCc1ncnn1CC1CCOCC1.Cl. The molecule has 0 aromatic carbocycles. The summed E-state index contributed by atoms with van der Waals surface area (Å²) in [6.07, 6.45) is 3.92. The van der Waals surface area contributed by atoms with Crippen LogP contribution in [0.3, 0.4) is 0 Å². The van der Waals surface area contributed by atoms with Crippen LogP contribution in [0.15, 0.2) is 6.33 Å². The lowest BCUT2D eigenvalue weighted by Crippen LogP contribution is -2.23. The summed E-state index contributed by atoms with van der Waals surface area (Å²) in [6.45, 7) is 6.62. The topological polar surface area (TPSA) is 52.0 Å². The monoisotopic (exact) mass is 260 g/mol. The highest BCUT2D eigenvalue weighted by Crippen LogP contribution is 2.16. The van der Waals surface area contributed by atoms with Crippen LogP contribution >= 0.6 is 12.4 Å². The van der Waals surface area contributed by atoms with Crippen LogP contribution in [0.2, 0.25) is 0 Å². The van der Waals surface area contributed by atoms with E-state index in [1.807, 2.05) is 4.68 Å². The van der Waals surface area contributed by atoms with Gasteiger partial charge in [0.25, 0.3) is 0 Å². The average Bonchev–Trinajstić information content (AvgIpc) is 2.75. The molecule has 0 unspecified atom stereocenters. The van der Waals surface area contributed by atoms with E-state index in [2.05, 4.69) is 22.3 Å². The van der Waals surface area contributed by atoms with Crippen molar-refractivity contribution < 1.29 is 4.74 Å². The molecule has 1 fully saturated rings. The van der Waals surface area contributed by atoms with Crippen LogP contribution < -0.4 is 5.32 Å². The number of rotatable bonds is 5. The fourth-order valence-electron chi connectivity index (χ4n) is 1.99. The van der Waals surface area contributed by atoms with Gasteiger partial charge in [0, 0.05) is 19.8 Å². The molecule has 6 heteroatoms. The first-order valence-corrected chi connectivity index (χ1v) is 6.05. The van der Waals surface area contributed by atoms with Gasteiger partial charge in [-0.3, -0.25) is 0 Å². The lowest BCUT2D eigenvalue weighted by molar-refractivity contribution is 0.0598. The van der Waals surface area contributed by atoms with Crippen molar-refractivity contribution in [1.82, 2.24) is 20.1 Å². The van der Waals surface area contributed by atoms with Crippen LogP contribution in [0.4, 0.5) is 0 Å². The Morgan fingerprint density at radius 2 is 2.24 bits per heavy atom. The molecule has 0 aliphatic carbocycles. The molecular weight excluding hydrogens is 240 g/mol. The Balaban J connectivity index is 0.00000144. The van der Waals surface area contributed by atoms with Crippen molar-refractivity contribution in [2.24, 2.45) is 5.92 Å². The van der Waals surface area contributed by atoms with Crippen LogP contribution in [0, 0.1) is 5.92 Å². The minimum atomic E-state index is 0. The summed E-state index contributed by atoms with van der Waals surface area (Å²) in [6, 6.07) is 0. The molecule has 0 bridgehead atoms. The number of nitrogens with zero attached hydrogens (tertiary/aromatic N) is 3. The molecule has 1 N–H and O–H groups in total. The minimum absolute atomic E-state index is 0. The molecule has 2 rings (SSSR count). The zero-order valence-corrected chi connectivity index (χ0v) is 11.1. The second-order valence-electron chi connectivity index (χ2n) is 4.19. The van der Waals surface area contributed by atoms with Gasteiger partial charge in [-0.25, -0.2) is 9.67 Å². The Morgan fingerprint density at radius 1 is 1.47 bits per heavy atom. The van der Waals surface area contributed by atoms with E-state index < -0.39 is 0 Å². The summed E-state index contributed by atoms with van der Waals surface area (Å²) >= 11 is 0. The number of aromatic nitrogens is 3. The minimum Gasteiger partial charge on any atom is -0.381 e. The third-order valence-corrected chi connectivity index (χ3v) is 3.00. The first-order chi connectivity index (χ1) is 7.90. The Labute approximate surface area is 108 Å². The molecule has 0 spiro atoms. The Bertz CT molecular complexity index is 312. The molecule has 5 nitrogen and oxygen atoms in total. The fourth-order valence-corrected chi connectivity index (χ4v) is 1.99. The van der Waals surface area contributed by atoms with E-state index >= 15 is 0 Å². The Hall–Kier alpha value is -0.650. The second kappa shape index (κ2) is 7.63. The highest BCUT2D eigenvalue weighted by Gasteiger charge is 2.16. The largest absolute Gasteiger partial charge is 0.381 e. The summed E-state index contributed by atoms with van der Waals surface area (Å²) in [5.41, 5.74) is 0. The summed E-state index contributed by atoms with van der Waals surface area (Å²) < 4.78 is 7.38. The van der Waals surface area contributed by atoms with Gasteiger partial charge in [0.05, 0.1) is 6.54 Å². The van der Waals surface area contributed by atoms with Gasteiger partial charge in [-0.2, -0.15) is 5.10 Å². The zero-order chi connectivity index (χ0) is 11.2. The van der Waals surface area contributed by atoms with E-state index in [4.69, 9.17) is 4.74 Å². The molecule has 2 heterocycles. The predicted molar refractivity (Wildman–Crippen MR) is 68.2 cm³/mol. The molecule has 1 aliphatic rings. The molecule has 1 aromatic rings. The van der Waals surface area contributed by atoms with Gasteiger partial charge >= 0.3 is 0 Å². The summed E-state index contributed by atoms with van der Waals surface area (Å²) in [5.74, 6) is 1.73. The molecule has 0 radical (unpaired) electrons. The lowest BCUT2D eigenvalue weighted by Gasteiger charge is -2.22. The van der Waals surface area contributed by atoms with E-state index in [0.717, 1.165) is 51.5 Å². The van der Waals surface area contributed by atoms with E-state index in [0.29, 0.717) is 5.92 Å². The number of nitrogens with one attached hydrogen (secondary N) is 1. The molecule has 0 saturated carbocycles. The quantitative estimate of drug-likeness (QED) is 0.865. The number of hydrogen-bond acceptors (Lipinski definition) is 4. The average molecular weight is 261 g/mol. The molecule has 17 heavy (non-hydrogen) atoms. The van der Waals surface area contributed by atoms with Crippen LogP contribution in [0.5, 0.6) is 0 Å². The fraction of sp³-hybridized carbons (Fsp3) is 0.818. The van der Waals surface area contributed by atoms with Crippen LogP contribution in [0.1, 0.15) is 25.6 Å². The van der Waals surface area contributed by atoms with Crippen molar-refractivity contribution in [3.8, 4) is 0 Å². The normalized spacial score (nSPS) is 16.8. The number of hydrogen-bond donors (Lipinski definition) is 1. The van der Waals surface area contributed by atoms with E-state index in [1.165, 1.54) is 0 Å². The van der Waals surface area contributed by atoms with Crippen molar-refractivity contribution in [2.75, 3.05) is 19.8 Å². The van der Waals surface area contributed by atoms with Crippen molar-refractivity contribution in [1.29, 1.82) is 0 Å². The van der Waals surface area contributed by atoms with Gasteiger partial charge in [-0.1, -0.05) is 6.92 Å². The maximum absolute atomic E-state index is 5.36. The van der Waals surface area contributed by atoms with E-state index in [-0.39, 0.29) is 12.4 Å². The maximum atomic E-state index is 5.36.